The Hall–Kier alpha value is -1.88. The van der Waals surface area contributed by atoms with Gasteiger partial charge in [0.1, 0.15) is 0 Å². The monoisotopic (exact) mass is 349 g/mol. The van der Waals surface area contributed by atoms with Gasteiger partial charge in [-0.15, -0.1) is 10.2 Å². The molecule has 0 aliphatic carbocycles. The van der Waals surface area contributed by atoms with Crippen molar-refractivity contribution in [1.82, 2.24) is 15.1 Å². The van der Waals surface area contributed by atoms with Crippen molar-refractivity contribution in [2.45, 2.75) is 52.5 Å². The first-order valence-electron chi connectivity index (χ1n) is 8.50. The van der Waals surface area contributed by atoms with E-state index in [9.17, 15) is 4.79 Å². The molecular weight excluding hydrogens is 326 g/mol. The normalized spacial score (nSPS) is 10.8. The smallest absolute Gasteiger partial charge is 0.249 e. The second-order valence-corrected chi connectivity index (χ2v) is 6.16. The van der Waals surface area contributed by atoms with Crippen LogP contribution in [0.5, 0.6) is 0 Å². The van der Waals surface area contributed by atoms with Gasteiger partial charge in [-0.3, -0.25) is 4.79 Å². The second kappa shape index (κ2) is 9.42. The minimum Gasteiger partial charge on any atom is -0.419 e. The van der Waals surface area contributed by atoms with Crippen LogP contribution < -0.4 is 0 Å². The minimum absolute atomic E-state index is 0.141. The molecule has 0 unspecified atom stereocenters. The summed E-state index contributed by atoms with van der Waals surface area (Å²) in [5.41, 5.74) is 0.703. The van der Waals surface area contributed by atoms with Crippen LogP contribution in [0, 0.1) is 0 Å². The summed E-state index contributed by atoms with van der Waals surface area (Å²) in [4.78, 5) is 14.1. The van der Waals surface area contributed by atoms with Crippen molar-refractivity contribution in [3.8, 4) is 11.5 Å². The van der Waals surface area contributed by atoms with Crippen LogP contribution in [0.25, 0.3) is 11.5 Å². The van der Waals surface area contributed by atoms with E-state index in [2.05, 4.69) is 24.0 Å². The van der Waals surface area contributed by atoms with Crippen LogP contribution in [-0.4, -0.2) is 27.5 Å². The Bertz CT molecular complexity index is 657. The number of hydrogen-bond acceptors (Lipinski definition) is 4. The van der Waals surface area contributed by atoms with E-state index in [0.29, 0.717) is 41.9 Å². The highest BCUT2D eigenvalue weighted by atomic mass is 35.5. The van der Waals surface area contributed by atoms with Crippen LogP contribution in [0.15, 0.2) is 28.7 Å². The number of halogens is 1. The van der Waals surface area contributed by atoms with Gasteiger partial charge in [0, 0.05) is 13.0 Å². The predicted octanol–water partition coefficient (Wildman–Crippen LogP) is 4.71. The molecule has 6 heteroatoms. The van der Waals surface area contributed by atoms with Gasteiger partial charge in [0.2, 0.25) is 17.7 Å². The Morgan fingerprint density at radius 1 is 1.17 bits per heavy atom. The highest BCUT2D eigenvalue weighted by Gasteiger charge is 2.17. The third kappa shape index (κ3) is 5.06. The highest BCUT2D eigenvalue weighted by molar-refractivity contribution is 6.33. The van der Waals surface area contributed by atoms with Gasteiger partial charge in [0.25, 0.3) is 0 Å². The molecular formula is C18H24ClN3O2. The molecule has 2 rings (SSSR count). The van der Waals surface area contributed by atoms with Gasteiger partial charge >= 0.3 is 0 Å². The summed E-state index contributed by atoms with van der Waals surface area (Å²) >= 11 is 6.15. The second-order valence-electron chi connectivity index (χ2n) is 5.75. The van der Waals surface area contributed by atoms with E-state index in [4.69, 9.17) is 16.0 Å². The topological polar surface area (TPSA) is 59.2 Å². The summed E-state index contributed by atoms with van der Waals surface area (Å²) in [6.07, 6.45) is 4.56. The number of unbranched alkanes of at least 4 members (excludes halogenated alkanes) is 2. The molecule has 130 valence electrons. The fourth-order valence-corrected chi connectivity index (χ4v) is 2.69. The first-order valence-corrected chi connectivity index (χ1v) is 8.88. The predicted molar refractivity (Wildman–Crippen MR) is 94.6 cm³/mol. The number of amides is 1. The minimum atomic E-state index is 0.141. The molecule has 1 amide bonds. The Kier molecular flexibility index (Phi) is 7.25. The quantitative estimate of drug-likeness (QED) is 0.615. The van der Waals surface area contributed by atoms with Crippen molar-refractivity contribution in [3.05, 3.63) is 35.2 Å². The van der Waals surface area contributed by atoms with E-state index in [1.54, 1.807) is 11.0 Å². The molecule has 0 aliphatic heterocycles. The zero-order chi connectivity index (χ0) is 17.4. The Labute approximate surface area is 148 Å². The Morgan fingerprint density at radius 3 is 2.67 bits per heavy atom. The maximum atomic E-state index is 12.4. The largest absolute Gasteiger partial charge is 0.419 e. The molecule has 0 spiro atoms. The summed E-state index contributed by atoms with van der Waals surface area (Å²) < 4.78 is 5.70. The average Bonchev–Trinajstić information content (AvgIpc) is 3.03. The lowest BCUT2D eigenvalue weighted by atomic mass is 10.2. The summed E-state index contributed by atoms with van der Waals surface area (Å²) in [7, 11) is 0. The molecule has 24 heavy (non-hydrogen) atoms. The van der Waals surface area contributed by atoms with Crippen molar-refractivity contribution in [2.75, 3.05) is 6.54 Å². The summed E-state index contributed by atoms with van der Waals surface area (Å²) in [6.45, 7) is 5.21. The van der Waals surface area contributed by atoms with Crippen molar-refractivity contribution in [2.24, 2.45) is 0 Å². The van der Waals surface area contributed by atoms with Crippen LogP contribution in [0.2, 0.25) is 5.02 Å². The third-order valence-electron chi connectivity index (χ3n) is 3.74. The zero-order valence-electron chi connectivity index (χ0n) is 14.3. The summed E-state index contributed by atoms with van der Waals surface area (Å²) in [5, 5.41) is 8.69. The van der Waals surface area contributed by atoms with Crippen molar-refractivity contribution < 1.29 is 9.21 Å². The molecule has 5 nitrogen and oxygen atoms in total. The zero-order valence-corrected chi connectivity index (χ0v) is 15.1. The van der Waals surface area contributed by atoms with Crippen molar-refractivity contribution >= 4 is 17.5 Å². The van der Waals surface area contributed by atoms with Crippen LogP contribution in [0.3, 0.4) is 0 Å². The lowest BCUT2D eigenvalue weighted by Crippen LogP contribution is -2.31. The fraction of sp³-hybridized carbons (Fsp3) is 0.500. The molecule has 0 saturated heterocycles. The maximum Gasteiger partial charge on any atom is 0.249 e. The van der Waals surface area contributed by atoms with Gasteiger partial charge < -0.3 is 9.32 Å². The van der Waals surface area contributed by atoms with Crippen molar-refractivity contribution in [3.63, 3.8) is 0 Å². The lowest BCUT2D eigenvalue weighted by molar-refractivity contribution is -0.132. The number of carbonyl (C=O) groups excluding carboxylic acids is 1. The summed E-state index contributed by atoms with van der Waals surface area (Å²) in [5.74, 6) is 0.954. The van der Waals surface area contributed by atoms with Crippen molar-refractivity contribution in [1.29, 1.82) is 0 Å². The first kappa shape index (κ1) is 18.5. The molecule has 0 atom stereocenters. The van der Waals surface area contributed by atoms with E-state index < -0.39 is 0 Å². The molecule has 0 saturated carbocycles. The van der Waals surface area contributed by atoms with Gasteiger partial charge in [0.05, 0.1) is 17.1 Å². The van der Waals surface area contributed by atoms with E-state index >= 15 is 0 Å². The van der Waals surface area contributed by atoms with Gasteiger partial charge in [0.15, 0.2) is 0 Å². The van der Waals surface area contributed by atoms with E-state index in [0.717, 1.165) is 25.7 Å². The number of benzene rings is 1. The molecule has 1 heterocycles. The van der Waals surface area contributed by atoms with E-state index in [1.165, 1.54) is 0 Å². The molecule has 0 N–H and O–H groups in total. The lowest BCUT2D eigenvalue weighted by Gasteiger charge is -2.20. The van der Waals surface area contributed by atoms with E-state index in [1.807, 2.05) is 18.2 Å². The third-order valence-corrected chi connectivity index (χ3v) is 4.07. The van der Waals surface area contributed by atoms with Crippen LogP contribution in [0.4, 0.5) is 0 Å². The molecule has 1 aromatic carbocycles. The van der Waals surface area contributed by atoms with Gasteiger partial charge in [-0.05, 0) is 25.0 Å². The molecule has 2 aromatic rings. The molecule has 0 bridgehead atoms. The van der Waals surface area contributed by atoms with Gasteiger partial charge in [-0.25, -0.2) is 0 Å². The molecule has 1 aromatic heterocycles. The SMILES string of the molecule is CCCCCC(=O)N(CCC)Cc1nnc(-c2ccccc2Cl)o1. The van der Waals surface area contributed by atoms with Crippen LogP contribution in [-0.2, 0) is 11.3 Å². The standard InChI is InChI=1S/C18H24ClN3O2/c1-3-5-6-11-17(23)22(12-4-2)13-16-20-21-18(24-16)14-9-7-8-10-15(14)19/h7-10H,3-6,11-13H2,1-2H3. The van der Waals surface area contributed by atoms with E-state index in [-0.39, 0.29) is 5.91 Å². The number of nitrogens with zero attached hydrogens (tertiary/aromatic N) is 3. The number of aromatic nitrogens is 2. The average molecular weight is 350 g/mol. The fourth-order valence-electron chi connectivity index (χ4n) is 2.47. The maximum absolute atomic E-state index is 12.4. The molecule has 0 radical (unpaired) electrons. The number of rotatable bonds is 9. The van der Waals surface area contributed by atoms with Gasteiger partial charge in [-0.1, -0.05) is 50.4 Å². The molecule has 0 aliphatic rings. The van der Waals surface area contributed by atoms with Crippen LogP contribution in [0.1, 0.15) is 51.8 Å². The molecule has 0 fully saturated rings. The van der Waals surface area contributed by atoms with Gasteiger partial charge in [-0.2, -0.15) is 0 Å². The Balaban J connectivity index is 2.05. The summed E-state index contributed by atoms with van der Waals surface area (Å²) in [6, 6.07) is 7.33. The first-order chi connectivity index (χ1) is 11.7. The number of hydrogen-bond donors (Lipinski definition) is 0. The number of carbonyl (C=O) groups is 1. The Morgan fingerprint density at radius 2 is 1.96 bits per heavy atom. The van der Waals surface area contributed by atoms with Crippen LogP contribution >= 0.6 is 11.6 Å². The highest BCUT2D eigenvalue weighted by Crippen LogP contribution is 2.26.